The molecule has 200 valence electrons. The number of primary amides is 1. The topological polar surface area (TPSA) is 131 Å². The van der Waals surface area contributed by atoms with Gasteiger partial charge in [0.15, 0.2) is 5.65 Å². The van der Waals surface area contributed by atoms with Gasteiger partial charge in [0.2, 0.25) is 17.8 Å². The molecule has 9 nitrogen and oxygen atoms in total. The summed E-state index contributed by atoms with van der Waals surface area (Å²) in [5.74, 6) is 0.160. The third kappa shape index (κ3) is 5.55. The van der Waals surface area contributed by atoms with Crippen LogP contribution in [0.15, 0.2) is 18.3 Å². The summed E-state index contributed by atoms with van der Waals surface area (Å²) in [7, 11) is 0. The predicted octanol–water partition coefficient (Wildman–Crippen LogP) is 5.29. The second-order valence-corrected chi connectivity index (χ2v) is 10.3. The van der Waals surface area contributed by atoms with Crippen molar-refractivity contribution in [1.82, 2.24) is 19.5 Å². The van der Waals surface area contributed by atoms with Gasteiger partial charge in [-0.15, -0.1) is 0 Å². The minimum absolute atomic E-state index is 0.0610. The van der Waals surface area contributed by atoms with Gasteiger partial charge in [0.25, 0.3) is 0 Å². The van der Waals surface area contributed by atoms with Gasteiger partial charge in [-0.3, -0.25) is 9.36 Å². The summed E-state index contributed by atoms with van der Waals surface area (Å²) < 4.78 is 41.4. The lowest BCUT2D eigenvalue weighted by molar-refractivity contribution is -0.137. The first-order chi connectivity index (χ1) is 17.3. The molecule has 0 bridgehead atoms. The number of carbonyl (C=O) groups excluding carboxylic acids is 1. The first kappa shape index (κ1) is 27.2. The summed E-state index contributed by atoms with van der Waals surface area (Å²) in [4.78, 5) is 25.4. The Balaban J connectivity index is 1.78. The van der Waals surface area contributed by atoms with Gasteiger partial charge >= 0.3 is 6.18 Å². The van der Waals surface area contributed by atoms with Crippen LogP contribution in [-0.2, 0) is 11.0 Å². The van der Waals surface area contributed by atoms with Crippen LogP contribution in [0.2, 0.25) is 10.0 Å². The number of aliphatic hydroxyl groups excluding tert-OH is 1. The summed E-state index contributed by atoms with van der Waals surface area (Å²) in [5, 5.41) is 14.9. The molecule has 1 aliphatic rings. The standard InChI is InChI=1S/C23H26Cl2F3N7O2/c1-11(10-36)31-20-30-9-16-18(34-20)35(13-3-5-22(2,6-4-13)19(29)37)21(32-16)33-17-14(24)7-12(8-15(17)25)23(26,27)28/h7-9,11,13,36H,3-6,10H2,1-2H3,(H2,29,37)(H,32,33)(H,30,31,34). The van der Waals surface area contributed by atoms with Crippen molar-refractivity contribution in [3.63, 3.8) is 0 Å². The van der Waals surface area contributed by atoms with Crippen LogP contribution in [0.4, 0.5) is 30.8 Å². The number of hydrogen-bond donors (Lipinski definition) is 4. The number of carbonyl (C=O) groups is 1. The Morgan fingerprint density at radius 3 is 2.43 bits per heavy atom. The number of nitrogens with one attached hydrogen (secondary N) is 2. The first-order valence-corrected chi connectivity index (χ1v) is 12.3. The fourth-order valence-corrected chi connectivity index (χ4v) is 4.95. The monoisotopic (exact) mass is 559 g/mol. The van der Waals surface area contributed by atoms with E-state index in [0.29, 0.717) is 36.8 Å². The van der Waals surface area contributed by atoms with Crippen LogP contribution < -0.4 is 16.4 Å². The second-order valence-electron chi connectivity index (χ2n) is 9.53. The molecule has 1 fully saturated rings. The van der Waals surface area contributed by atoms with Crippen LogP contribution in [0.25, 0.3) is 11.2 Å². The molecule has 2 aromatic heterocycles. The van der Waals surface area contributed by atoms with Gasteiger partial charge in [0.05, 0.1) is 34.1 Å². The molecule has 2 heterocycles. The van der Waals surface area contributed by atoms with Crippen molar-refractivity contribution in [2.75, 3.05) is 17.2 Å². The lowest BCUT2D eigenvalue weighted by Crippen LogP contribution is -2.38. The Morgan fingerprint density at radius 1 is 1.27 bits per heavy atom. The van der Waals surface area contributed by atoms with E-state index in [1.54, 1.807) is 6.92 Å². The fourth-order valence-electron chi connectivity index (χ4n) is 4.37. The molecule has 0 spiro atoms. The number of imidazole rings is 1. The van der Waals surface area contributed by atoms with E-state index < -0.39 is 17.2 Å². The van der Waals surface area contributed by atoms with Gasteiger partial charge in [-0.2, -0.15) is 18.2 Å². The van der Waals surface area contributed by atoms with Crippen molar-refractivity contribution >= 4 is 57.9 Å². The number of amides is 1. The third-order valence-electron chi connectivity index (χ3n) is 6.71. The molecule has 1 unspecified atom stereocenters. The predicted molar refractivity (Wildman–Crippen MR) is 135 cm³/mol. The highest BCUT2D eigenvalue weighted by Gasteiger charge is 2.38. The van der Waals surface area contributed by atoms with E-state index in [0.717, 1.165) is 12.1 Å². The van der Waals surface area contributed by atoms with Crippen molar-refractivity contribution in [3.8, 4) is 0 Å². The quantitative estimate of drug-likeness (QED) is 0.309. The normalized spacial score (nSPS) is 21.1. The Morgan fingerprint density at radius 2 is 1.89 bits per heavy atom. The van der Waals surface area contributed by atoms with Crippen molar-refractivity contribution in [2.45, 2.75) is 57.8 Å². The number of anilines is 3. The molecule has 1 atom stereocenters. The number of rotatable bonds is 7. The van der Waals surface area contributed by atoms with Crippen LogP contribution in [-0.4, -0.2) is 43.2 Å². The minimum atomic E-state index is -4.61. The molecular weight excluding hydrogens is 534 g/mol. The molecule has 14 heteroatoms. The lowest BCUT2D eigenvalue weighted by Gasteiger charge is -2.35. The number of fused-ring (bicyclic) bond motifs is 1. The SMILES string of the molecule is CC(CO)Nc1ncc2nc(Nc3c(Cl)cc(C(F)(F)F)cc3Cl)n(C3CCC(C)(C(N)=O)CC3)c2n1. The van der Waals surface area contributed by atoms with E-state index in [9.17, 15) is 23.1 Å². The summed E-state index contributed by atoms with van der Waals surface area (Å²) in [5.41, 5.74) is 4.94. The van der Waals surface area contributed by atoms with Gasteiger partial charge in [-0.25, -0.2) is 9.97 Å². The van der Waals surface area contributed by atoms with E-state index >= 15 is 0 Å². The molecule has 37 heavy (non-hydrogen) atoms. The van der Waals surface area contributed by atoms with E-state index in [2.05, 4.69) is 25.6 Å². The van der Waals surface area contributed by atoms with Gasteiger partial charge < -0.3 is 21.5 Å². The largest absolute Gasteiger partial charge is 0.416 e. The Hall–Kier alpha value is -2.83. The van der Waals surface area contributed by atoms with Crippen LogP contribution >= 0.6 is 23.2 Å². The number of hydrogen-bond acceptors (Lipinski definition) is 7. The maximum atomic E-state index is 13.2. The first-order valence-electron chi connectivity index (χ1n) is 11.6. The maximum Gasteiger partial charge on any atom is 0.416 e. The van der Waals surface area contributed by atoms with E-state index in [-0.39, 0.29) is 52.2 Å². The highest BCUT2D eigenvalue weighted by molar-refractivity contribution is 6.39. The average Bonchev–Trinajstić information content (AvgIpc) is 3.18. The van der Waals surface area contributed by atoms with Crippen LogP contribution in [0.3, 0.4) is 0 Å². The van der Waals surface area contributed by atoms with Gasteiger partial charge in [0, 0.05) is 17.5 Å². The second kappa shape index (κ2) is 10.1. The number of benzene rings is 1. The van der Waals surface area contributed by atoms with E-state index in [1.807, 2.05) is 11.5 Å². The molecule has 0 aliphatic heterocycles. The molecule has 1 aliphatic carbocycles. The molecule has 1 aromatic carbocycles. The zero-order chi connectivity index (χ0) is 27.1. The number of nitrogens with zero attached hydrogens (tertiary/aromatic N) is 4. The van der Waals surface area contributed by atoms with Crippen LogP contribution in [0.5, 0.6) is 0 Å². The molecule has 3 aromatic rings. The lowest BCUT2D eigenvalue weighted by atomic mass is 9.73. The molecular formula is C23H26Cl2F3N7O2. The molecule has 0 saturated heterocycles. The van der Waals surface area contributed by atoms with Gasteiger partial charge in [-0.05, 0) is 44.7 Å². The smallest absolute Gasteiger partial charge is 0.394 e. The Bertz CT molecular complexity index is 1300. The molecule has 1 saturated carbocycles. The number of halogens is 5. The maximum absolute atomic E-state index is 13.2. The number of aliphatic hydroxyl groups is 1. The summed E-state index contributed by atoms with van der Waals surface area (Å²) in [6.07, 6.45) is -0.888. The summed E-state index contributed by atoms with van der Waals surface area (Å²) in [6, 6.07) is 1.12. The van der Waals surface area contributed by atoms with Crippen LogP contribution in [0.1, 0.15) is 51.1 Å². The number of alkyl halides is 3. The minimum Gasteiger partial charge on any atom is -0.394 e. The fraction of sp³-hybridized carbons (Fsp3) is 0.478. The molecule has 5 N–H and O–H groups in total. The van der Waals surface area contributed by atoms with Crippen molar-refractivity contribution in [2.24, 2.45) is 11.1 Å². The Kier molecular flexibility index (Phi) is 7.46. The zero-order valence-corrected chi connectivity index (χ0v) is 21.5. The molecule has 0 radical (unpaired) electrons. The number of aromatic nitrogens is 4. The van der Waals surface area contributed by atoms with Gasteiger partial charge in [-0.1, -0.05) is 30.1 Å². The van der Waals surface area contributed by atoms with Crippen molar-refractivity contribution < 1.29 is 23.1 Å². The molecule has 4 rings (SSSR count). The van der Waals surface area contributed by atoms with Crippen molar-refractivity contribution in [1.29, 1.82) is 0 Å². The highest BCUT2D eigenvalue weighted by Crippen LogP contribution is 2.44. The van der Waals surface area contributed by atoms with Crippen LogP contribution in [0, 0.1) is 5.41 Å². The third-order valence-corrected chi connectivity index (χ3v) is 7.30. The highest BCUT2D eigenvalue weighted by atomic mass is 35.5. The van der Waals surface area contributed by atoms with E-state index in [1.165, 1.54) is 6.20 Å². The summed E-state index contributed by atoms with van der Waals surface area (Å²) >= 11 is 12.4. The summed E-state index contributed by atoms with van der Waals surface area (Å²) in [6.45, 7) is 3.46. The van der Waals surface area contributed by atoms with E-state index in [4.69, 9.17) is 28.9 Å². The zero-order valence-electron chi connectivity index (χ0n) is 20.0. The molecule has 1 amide bonds. The Labute approximate surface area is 220 Å². The number of nitrogens with two attached hydrogens (primary N) is 1. The van der Waals surface area contributed by atoms with Crippen molar-refractivity contribution in [3.05, 3.63) is 33.9 Å². The van der Waals surface area contributed by atoms with Gasteiger partial charge in [0.1, 0.15) is 5.52 Å². The average molecular weight is 560 g/mol.